The first-order valence-corrected chi connectivity index (χ1v) is 3.18. The molecule has 0 atom stereocenters. The monoisotopic (exact) mass is 378 g/mol. The van der Waals surface area contributed by atoms with Crippen LogP contribution in [0.25, 0.3) is 0 Å². The topological polar surface area (TPSA) is 74.6 Å². The molecule has 0 unspecified atom stereocenters. The van der Waals surface area contributed by atoms with E-state index in [1.807, 2.05) is 0 Å². The summed E-state index contributed by atoms with van der Waals surface area (Å²) in [5, 5.41) is 17.1. The van der Waals surface area contributed by atoms with Crippen molar-refractivity contribution in [2.45, 2.75) is 0 Å². The van der Waals surface area contributed by atoms with Crippen molar-refractivity contribution in [1.82, 2.24) is 0 Å². The molecule has 0 aliphatic carbocycles. The van der Waals surface area contributed by atoms with Crippen molar-refractivity contribution >= 4 is 38.1 Å². The third-order valence-corrected chi connectivity index (χ3v) is 1.39. The van der Waals surface area contributed by atoms with Gasteiger partial charge in [0.15, 0.2) is 0 Å². The molecule has 70 valence electrons. The Hall–Kier alpha value is -0.957. The Labute approximate surface area is 93.3 Å². The van der Waals surface area contributed by atoms with E-state index < -0.39 is 11.9 Å². The van der Waals surface area contributed by atoms with Crippen molar-refractivity contribution in [3.63, 3.8) is 0 Å². The Morgan fingerprint density at radius 2 is 1.23 bits per heavy atom. The minimum atomic E-state index is -1.23. The second kappa shape index (κ2) is 4.92. The van der Waals surface area contributed by atoms with Gasteiger partial charge >= 0.3 is 38.1 Å². The van der Waals surface area contributed by atoms with Crippen LogP contribution in [0, 0.1) is 0 Å². The molecule has 2 N–H and O–H groups in total. The average molecular weight is 378 g/mol. The SMILES string of the molecule is O=C(O)c1ccccc1C(=O)O.[BiH3]. The van der Waals surface area contributed by atoms with Crippen LogP contribution >= 0.6 is 0 Å². The first-order chi connectivity index (χ1) is 5.63. The van der Waals surface area contributed by atoms with E-state index in [4.69, 9.17) is 10.2 Å². The average Bonchev–Trinajstić information content (AvgIpc) is 2.04. The van der Waals surface area contributed by atoms with E-state index in [-0.39, 0.29) is 37.3 Å². The van der Waals surface area contributed by atoms with Crippen molar-refractivity contribution in [2.75, 3.05) is 0 Å². The molecule has 0 aliphatic heterocycles. The molecule has 0 radical (unpaired) electrons. The van der Waals surface area contributed by atoms with E-state index in [2.05, 4.69) is 0 Å². The number of rotatable bonds is 2. The summed E-state index contributed by atoms with van der Waals surface area (Å²) in [7, 11) is 0. The minimum absolute atomic E-state index is 0. The second-order valence-corrected chi connectivity index (χ2v) is 2.16. The molecule has 0 aromatic heterocycles. The van der Waals surface area contributed by atoms with Crippen LogP contribution in [0.1, 0.15) is 20.7 Å². The number of hydrogen-bond donors (Lipinski definition) is 2. The van der Waals surface area contributed by atoms with Crippen molar-refractivity contribution in [3.05, 3.63) is 35.4 Å². The molecular weight excluding hydrogens is 369 g/mol. The zero-order valence-electron chi connectivity index (χ0n) is 6.73. The van der Waals surface area contributed by atoms with Gasteiger partial charge in [-0.1, -0.05) is 12.1 Å². The number of hydrogen-bond acceptors (Lipinski definition) is 2. The van der Waals surface area contributed by atoms with Gasteiger partial charge in [-0.25, -0.2) is 9.59 Å². The molecule has 0 amide bonds. The summed E-state index contributed by atoms with van der Waals surface area (Å²) in [4.78, 5) is 20.9. The van der Waals surface area contributed by atoms with Gasteiger partial charge in [-0.15, -0.1) is 0 Å². The van der Waals surface area contributed by atoms with Crippen molar-refractivity contribution in [1.29, 1.82) is 0 Å². The molecule has 1 aromatic carbocycles. The third kappa shape index (κ3) is 2.77. The summed E-state index contributed by atoms with van der Waals surface area (Å²) < 4.78 is 0. The van der Waals surface area contributed by atoms with Gasteiger partial charge in [-0.05, 0) is 12.1 Å². The maximum atomic E-state index is 10.5. The van der Waals surface area contributed by atoms with Gasteiger partial charge < -0.3 is 10.2 Å². The molecule has 0 aliphatic rings. The fraction of sp³-hybridized carbons (Fsp3) is 0. The Morgan fingerprint density at radius 1 is 0.923 bits per heavy atom. The van der Waals surface area contributed by atoms with E-state index >= 15 is 0 Å². The molecule has 0 heterocycles. The van der Waals surface area contributed by atoms with Crippen LogP contribution in [0.4, 0.5) is 0 Å². The fourth-order valence-corrected chi connectivity index (χ4v) is 0.856. The molecule has 0 bridgehead atoms. The quantitative estimate of drug-likeness (QED) is 0.705. The molecule has 4 nitrogen and oxygen atoms in total. The van der Waals surface area contributed by atoms with Crippen LogP contribution < -0.4 is 0 Å². The van der Waals surface area contributed by atoms with Gasteiger partial charge in [0, 0.05) is 0 Å². The zero-order chi connectivity index (χ0) is 9.14. The molecule has 1 aromatic rings. The molecular formula is C8H9BiO4. The first-order valence-electron chi connectivity index (χ1n) is 3.18. The molecule has 0 saturated heterocycles. The van der Waals surface area contributed by atoms with Crippen molar-refractivity contribution in [2.24, 2.45) is 0 Å². The van der Waals surface area contributed by atoms with Crippen LogP contribution in [-0.2, 0) is 0 Å². The predicted molar refractivity (Wildman–Crippen MR) is 50.3 cm³/mol. The third-order valence-electron chi connectivity index (χ3n) is 1.39. The number of carbonyl (C=O) groups is 2. The van der Waals surface area contributed by atoms with Gasteiger partial charge in [0.25, 0.3) is 0 Å². The van der Waals surface area contributed by atoms with E-state index in [1.54, 1.807) is 0 Å². The molecule has 13 heavy (non-hydrogen) atoms. The Kier molecular flexibility index (Phi) is 4.56. The molecule has 5 heteroatoms. The molecule has 0 saturated carbocycles. The summed E-state index contributed by atoms with van der Waals surface area (Å²) in [5.74, 6) is -2.46. The predicted octanol–water partition coefficient (Wildman–Crippen LogP) is -0.101. The zero-order valence-corrected chi connectivity index (χ0v) is 12.2. The number of carboxylic acid groups (broad SMARTS) is 2. The van der Waals surface area contributed by atoms with E-state index in [1.165, 1.54) is 24.3 Å². The standard InChI is InChI=1S/C8H6O4.Bi.3H/c9-7(10)5-3-1-2-4-6(5)8(11)12;;;;/h1-4H,(H,9,10)(H,11,12);;;;. The summed E-state index contributed by atoms with van der Waals surface area (Å²) in [6.07, 6.45) is 0. The van der Waals surface area contributed by atoms with Gasteiger partial charge in [-0.2, -0.15) is 0 Å². The van der Waals surface area contributed by atoms with Crippen LogP contribution in [-0.4, -0.2) is 48.4 Å². The molecule has 0 fully saturated rings. The van der Waals surface area contributed by atoms with Gasteiger partial charge in [0.2, 0.25) is 0 Å². The molecule has 1 rings (SSSR count). The summed E-state index contributed by atoms with van der Waals surface area (Å²) >= 11 is 0. The number of benzene rings is 1. The maximum absolute atomic E-state index is 10.5. The number of aromatic carboxylic acids is 2. The Bertz CT molecular complexity index is 302. The van der Waals surface area contributed by atoms with Gasteiger partial charge in [0.1, 0.15) is 0 Å². The van der Waals surface area contributed by atoms with E-state index in [9.17, 15) is 9.59 Å². The Balaban J connectivity index is 0.00000144. The fourth-order valence-electron chi connectivity index (χ4n) is 0.856. The van der Waals surface area contributed by atoms with Gasteiger partial charge in [0.05, 0.1) is 11.1 Å². The van der Waals surface area contributed by atoms with Crippen LogP contribution in [0.15, 0.2) is 24.3 Å². The summed E-state index contributed by atoms with van der Waals surface area (Å²) in [6.45, 7) is 0. The first kappa shape index (κ1) is 12.0. The molecule has 0 spiro atoms. The van der Waals surface area contributed by atoms with Crippen molar-refractivity contribution in [3.8, 4) is 0 Å². The second-order valence-electron chi connectivity index (χ2n) is 2.16. The van der Waals surface area contributed by atoms with Crippen LogP contribution in [0.3, 0.4) is 0 Å². The summed E-state index contributed by atoms with van der Waals surface area (Å²) in [5.41, 5.74) is -0.380. The Morgan fingerprint density at radius 3 is 1.46 bits per heavy atom. The number of carboxylic acids is 2. The van der Waals surface area contributed by atoms with Crippen LogP contribution in [0.2, 0.25) is 0 Å². The van der Waals surface area contributed by atoms with Crippen LogP contribution in [0.5, 0.6) is 0 Å². The van der Waals surface area contributed by atoms with Crippen molar-refractivity contribution < 1.29 is 19.8 Å². The van der Waals surface area contributed by atoms with E-state index in [0.717, 1.165) is 0 Å². The summed E-state index contributed by atoms with van der Waals surface area (Å²) in [6, 6.07) is 5.48. The normalized spacial score (nSPS) is 8.62. The van der Waals surface area contributed by atoms with E-state index in [0.29, 0.717) is 0 Å². The van der Waals surface area contributed by atoms with Gasteiger partial charge in [-0.3, -0.25) is 0 Å².